The van der Waals surface area contributed by atoms with E-state index in [1.807, 2.05) is 13.8 Å². The Kier molecular flexibility index (Phi) is 8.22. The van der Waals surface area contributed by atoms with E-state index in [2.05, 4.69) is 37.4 Å². The maximum Gasteiger partial charge on any atom is 0.407 e. The highest BCUT2D eigenvalue weighted by Gasteiger charge is 2.39. The zero-order chi connectivity index (χ0) is 23.1. The topological polar surface area (TPSA) is 148 Å². The molecule has 0 bridgehead atoms. The van der Waals surface area contributed by atoms with Crippen LogP contribution in [0.4, 0.5) is 4.79 Å². The third-order valence-corrected chi connectivity index (χ3v) is 5.03. The van der Waals surface area contributed by atoms with Crippen LogP contribution in [0.5, 0.6) is 0 Å². The Morgan fingerprint density at radius 1 is 1.26 bits per heavy atom. The van der Waals surface area contributed by atoms with E-state index in [-0.39, 0.29) is 18.2 Å². The van der Waals surface area contributed by atoms with E-state index < -0.39 is 36.0 Å². The minimum Gasteiger partial charge on any atom is -0.453 e. The second kappa shape index (κ2) is 10.6. The summed E-state index contributed by atoms with van der Waals surface area (Å²) in [4.78, 5) is 52.9. The number of alkyl carbamates (subject to hydrolysis) is 1. The van der Waals surface area contributed by atoms with Crippen molar-refractivity contribution >= 4 is 23.7 Å². The average molecular weight is 435 g/mol. The number of nitrogens with zero attached hydrogens (tertiary/aromatic N) is 5. The van der Waals surface area contributed by atoms with Crippen molar-refractivity contribution in [2.45, 2.75) is 58.3 Å². The number of methoxy groups -OCH3 is 1. The summed E-state index contributed by atoms with van der Waals surface area (Å²) >= 11 is 0. The molecule has 1 aromatic rings. The van der Waals surface area contributed by atoms with Gasteiger partial charge in [0.05, 0.1) is 13.2 Å². The van der Waals surface area contributed by atoms with Crippen molar-refractivity contribution in [2.75, 3.05) is 13.7 Å². The highest BCUT2D eigenvalue weighted by Crippen LogP contribution is 2.21. The van der Waals surface area contributed by atoms with Crippen LogP contribution < -0.4 is 10.6 Å². The van der Waals surface area contributed by atoms with Crippen molar-refractivity contribution in [1.82, 2.24) is 35.7 Å². The number of carbonyl (C=O) groups excluding carboxylic acids is 4. The minimum absolute atomic E-state index is 0.128. The molecule has 0 saturated carbocycles. The zero-order valence-corrected chi connectivity index (χ0v) is 18.2. The lowest BCUT2D eigenvalue weighted by Gasteiger charge is -2.30. The molecule has 1 saturated heterocycles. The first kappa shape index (κ1) is 24.0. The zero-order valence-electron chi connectivity index (χ0n) is 18.2. The summed E-state index contributed by atoms with van der Waals surface area (Å²) < 4.78 is 4.57. The van der Waals surface area contributed by atoms with Crippen LogP contribution in [0.1, 0.15) is 33.6 Å². The van der Waals surface area contributed by atoms with Gasteiger partial charge >= 0.3 is 6.09 Å². The molecule has 2 heterocycles. The molecule has 31 heavy (non-hydrogen) atoms. The number of hydrogen-bond donors (Lipinski definition) is 2. The van der Waals surface area contributed by atoms with Crippen molar-refractivity contribution in [3.63, 3.8) is 0 Å². The molecule has 3 atom stereocenters. The van der Waals surface area contributed by atoms with Crippen molar-refractivity contribution < 1.29 is 23.9 Å². The maximum atomic E-state index is 13.0. The lowest BCUT2D eigenvalue weighted by atomic mass is 9.99. The monoisotopic (exact) mass is 435 g/mol. The standard InChI is InChI=1S/C19H29N7O5/c1-11(2)15(14(27)9-26-21-10-20-24-26)22-17(28)13-7-6-8-25(13)18(29)16(12(3)4)23-19(30)31-5/h10-11,13,15-16H,3,6-9H2,1-2,4-5H3,(H,22,28)(H,23,30)/t13-,15-,16-/m0/s1. The largest absolute Gasteiger partial charge is 0.453 e. The second-order valence-electron chi connectivity index (χ2n) is 7.77. The minimum atomic E-state index is -1.01. The van der Waals surface area contributed by atoms with Gasteiger partial charge in [-0.3, -0.25) is 14.4 Å². The highest BCUT2D eigenvalue weighted by molar-refractivity contribution is 5.95. The van der Waals surface area contributed by atoms with Crippen LogP contribution in [0.2, 0.25) is 0 Å². The van der Waals surface area contributed by atoms with Crippen LogP contribution in [0.3, 0.4) is 0 Å². The van der Waals surface area contributed by atoms with Crippen molar-refractivity contribution in [2.24, 2.45) is 5.92 Å². The Bertz CT molecular complexity index is 824. The highest BCUT2D eigenvalue weighted by atomic mass is 16.5. The summed E-state index contributed by atoms with van der Waals surface area (Å²) in [7, 11) is 1.19. The molecule has 170 valence electrons. The smallest absolute Gasteiger partial charge is 0.407 e. The van der Waals surface area contributed by atoms with Gasteiger partial charge < -0.3 is 20.3 Å². The van der Waals surface area contributed by atoms with Crippen LogP contribution in [-0.2, 0) is 25.7 Å². The summed E-state index contributed by atoms with van der Waals surface area (Å²) in [6.07, 6.45) is 1.52. The second-order valence-corrected chi connectivity index (χ2v) is 7.77. The van der Waals surface area contributed by atoms with Gasteiger partial charge in [0.15, 0.2) is 12.1 Å². The quantitative estimate of drug-likeness (QED) is 0.501. The van der Waals surface area contributed by atoms with Crippen LogP contribution >= 0.6 is 0 Å². The van der Waals surface area contributed by atoms with E-state index in [4.69, 9.17) is 0 Å². The normalized spacial score (nSPS) is 17.7. The van der Waals surface area contributed by atoms with Gasteiger partial charge in [-0.2, -0.15) is 4.80 Å². The number of ketones is 1. The summed E-state index contributed by atoms with van der Waals surface area (Å²) in [5.74, 6) is -1.34. The number of aromatic nitrogens is 4. The molecule has 2 N–H and O–H groups in total. The van der Waals surface area contributed by atoms with Crippen molar-refractivity contribution in [3.05, 3.63) is 18.5 Å². The SMILES string of the molecule is C=C(C)[C@H](NC(=O)OC)C(=O)N1CCC[C@H]1C(=O)N[C@H](C(=O)Cn1ncnn1)C(C)C. The molecule has 12 nitrogen and oxygen atoms in total. The fraction of sp³-hybridized carbons (Fsp3) is 0.632. The number of ether oxygens (including phenoxy) is 1. The third kappa shape index (κ3) is 6.09. The summed E-state index contributed by atoms with van der Waals surface area (Å²) in [5, 5.41) is 16.3. The molecular weight excluding hydrogens is 406 g/mol. The summed E-state index contributed by atoms with van der Waals surface area (Å²) in [6, 6.07) is -2.55. The van der Waals surface area contributed by atoms with Gasteiger partial charge in [-0.25, -0.2) is 4.79 Å². The molecule has 0 spiro atoms. The van der Waals surface area contributed by atoms with Gasteiger partial charge in [0.25, 0.3) is 0 Å². The summed E-state index contributed by atoms with van der Waals surface area (Å²) in [6.45, 7) is 9.21. The first-order valence-electron chi connectivity index (χ1n) is 9.99. The fourth-order valence-electron chi connectivity index (χ4n) is 3.41. The molecule has 1 fully saturated rings. The Balaban J connectivity index is 2.11. The number of Topliss-reactive ketones (excluding diaryl/α,β-unsaturated/α-hetero) is 1. The molecule has 0 aromatic carbocycles. The van der Waals surface area contributed by atoms with Gasteiger partial charge in [0.1, 0.15) is 18.6 Å². The van der Waals surface area contributed by atoms with Gasteiger partial charge in [-0.1, -0.05) is 20.4 Å². The van der Waals surface area contributed by atoms with E-state index in [1.54, 1.807) is 6.92 Å². The van der Waals surface area contributed by atoms with Gasteiger partial charge in [0, 0.05) is 6.54 Å². The van der Waals surface area contributed by atoms with Crippen LogP contribution in [0.15, 0.2) is 18.5 Å². The molecule has 0 radical (unpaired) electrons. The van der Waals surface area contributed by atoms with Crippen LogP contribution in [-0.4, -0.2) is 80.6 Å². The summed E-state index contributed by atoms with van der Waals surface area (Å²) in [5.41, 5.74) is 0.414. The molecule has 0 unspecified atom stereocenters. The van der Waals surface area contributed by atoms with Crippen molar-refractivity contribution in [3.8, 4) is 0 Å². The molecule has 3 amide bonds. The lowest BCUT2D eigenvalue weighted by Crippen LogP contribution is -2.56. The molecule has 12 heteroatoms. The molecule has 1 aromatic heterocycles. The molecule has 1 aliphatic rings. The van der Waals surface area contributed by atoms with E-state index in [0.717, 1.165) is 4.80 Å². The predicted octanol–water partition coefficient (Wildman–Crippen LogP) is -0.325. The predicted molar refractivity (Wildman–Crippen MR) is 108 cm³/mol. The lowest BCUT2D eigenvalue weighted by molar-refractivity contribution is -0.140. The Hall–Kier alpha value is -3.31. The Morgan fingerprint density at radius 2 is 1.97 bits per heavy atom. The first-order valence-corrected chi connectivity index (χ1v) is 9.99. The number of carbonyl (C=O) groups is 4. The molecular formula is C19H29N7O5. The maximum absolute atomic E-state index is 13.0. The number of hydrogen-bond acceptors (Lipinski definition) is 8. The fourth-order valence-corrected chi connectivity index (χ4v) is 3.41. The van der Waals surface area contributed by atoms with Crippen molar-refractivity contribution in [1.29, 1.82) is 0 Å². The number of likely N-dealkylation sites (tertiary alicyclic amines) is 1. The Morgan fingerprint density at radius 3 is 2.52 bits per heavy atom. The van der Waals surface area contributed by atoms with E-state index in [0.29, 0.717) is 25.0 Å². The number of nitrogens with one attached hydrogen (secondary N) is 2. The van der Waals surface area contributed by atoms with Crippen LogP contribution in [0, 0.1) is 5.92 Å². The molecule has 1 aliphatic heterocycles. The van der Waals surface area contributed by atoms with Crippen LogP contribution in [0.25, 0.3) is 0 Å². The van der Waals surface area contributed by atoms with Gasteiger partial charge in [0.2, 0.25) is 11.8 Å². The third-order valence-electron chi connectivity index (χ3n) is 5.03. The van der Waals surface area contributed by atoms with Gasteiger partial charge in [-0.05, 0) is 36.5 Å². The number of amides is 3. The average Bonchev–Trinajstić information content (AvgIpc) is 3.40. The van der Waals surface area contributed by atoms with E-state index >= 15 is 0 Å². The molecule has 2 rings (SSSR count). The number of rotatable bonds is 9. The first-order chi connectivity index (χ1) is 14.6. The number of tetrazole rings is 1. The molecule has 0 aliphatic carbocycles. The van der Waals surface area contributed by atoms with Gasteiger partial charge in [-0.15, -0.1) is 10.2 Å². The van der Waals surface area contributed by atoms with E-state index in [9.17, 15) is 19.2 Å². The Labute approximate surface area is 180 Å². The van der Waals surface area contributed by atoms with E-state index in [1.165, 1.54) is 18.3 Å².